The van der Waals surface area contributed by atoms with Crippen LogP contribution in [0.4, 0.5) is 5.69 Å². The molecule has 9 heteroatoms. The van der Waals surface area contributed by atoms with Crippen LogP contribution >= 0.6 is 0 Å². The van der Waals surface area contributed by atoms with Crippen molar-refractivity contribution in [3.05, 3.63) is 78.4 Å². The van der Waals surface area contributed by atoms with Crippen LogP contribution in [0.25, 0.3) is 10.8 Å². The smallest absolute Gasteiger partial charge is 0.260 e. The van der Waals surface area contributed by atoms with Gasteiger partial charge in [-0.25, -0.2) is 8.42 Å². The maximum absolute atomic E-state index is 12.9. The molecule has 1 fully saturated rings. The number of sulfonamides is 1. The Labute approximate surface area is 199 Å². The number of piperidine rings is 1. The van der Waals surface area contributed by atoms with Gasteiger partial charge in [-0.3, -0.25) is 15.2 Å². The van der Waals surface area contributed by atoms with E-state index in [1.165, 1.54) is 0 Å². The number of fused-ring (bicyclic) bond motifs is 1. The molecule has 1 amide bonds. The lowest BCUT2D eigenvalue weighted by atomic mass is 9.95. The van der Waals surface area contributed by atoms with E-state index in [4.69, 9.17) is 0 Å². The number of pyridine rings is 1. The van der Waals surface area contributed by atoms with E-state index < -0.39 is 10.0 Å². The molecule has 2 aliphatic rings. The molecule has 8 nitrogen and oxygen atoms in total. The predicted octanol–water partition coefficient (Wildman–Crippen LogP) is 2.93. The van der Waals surface area contributed by atoms with Gasteiger partial charge in [0.15, 0.2) is 0 Å². The van der Waals surface area contributed by atoms with Gasteiger partial charge in [-0.1, -0.05) is 29.8 Å². The SMILES string of the molecule is Cc1ccc(S(=O)(=O)N2CC=C(NC(=O)C3CCN(c4cccc5cnccc45)CC3)N2)cc1. The molecule has 0 radical (unpaired) electrons. The summed E-state index contributed by atoms with van der Waals surface area (Å²) in [6.07, 6.45) is 6.81. The van der Waals surface area contributed by atoms with Crippen molar-refractivity contribution in [1.29, 1.82) is 0 Å². The minimum Gasteiger partial charge on any atom is -0.371 e. The Morgan fingerprint density at radius 2 is 1.85 bits per heavy atom. The summed E-state index contributed by atoms with van der Waals surface area (Å²) in [5.74, 6) is 0.193. The van der Waals surface area contributed by atoms with Gasteiger partial charge in [0.1, 0.15) is 5.82 Å². The van der Waals surface area contributed by atoms with Crippen molar-refractivity contribution in [3.8, 4) is 0 Å². The van der Waals surface area contributed by atoms with E-state index in [1.54, 1.807) is 36.5 Å². The zero-order valence-electron chi connectivity index (χ0n) is 18.9. The fourth-order valence-corrected chi connectivity index (χ4v) is 5.70. The minimum absolute atomic E-state index is 0.0879. The number of aryl methyl sites for hydroxylation is 1. The van der Waals surface area contributed by atoms with E-state index in [0.717, 1.165) is 52.4 Å². The number of carbonyl (C=O) groups excluding carboxylic acids is 1. The highest BCUT2D eigenvalue weighted by Gasteiger charge is 2.31. The fraction of sp³-hybridized carbons (Fsp3) is 0.280. The molecule has 1 aromatic heterocycles. The number of anilines is 1. The van der Waals surface area contributed by atoms with Crippen molar-refractivity contribution in [2.24, 2.45) is 5.92 Å². The Balaban J connectivity index is 1.17. The molecule has 0 saturated carbocycles. The predicted molar refractivity (Wildman–Crippen MR) is 131 cm³/mol. The van der Waals surface area contributed by atoms with Crippen LogP contribution in [0, 0.1) is 12.8 Å². The third kappa shape index (κ3) is 4.36. The lowest BCUT2D eigenvalue weighted by Crippen LogP contribution is -2.44. The summed E-state index contributed by atoms with van der Waals surface area (Å²) in [5, 5.41) is 5.14. The lowest BCUT2D eigenvalue weighted by Gasteiger charge is -2.33. The lowest BCUT2D eigenvalue weighted by molar-refractivity contribution is -0.125. The Bertz CT molecular complexity index is 1340. The third-order valence-electron chi connectivity index (χ3n) is 6.44. The molecule has 34 heavy (non-hydrogen) atoms. The zero-order chi connectivity index (χ0) is 23.7. The number of rotatable bonds is 5. The van der Waals surface area contributed by atoms with E-state index >= 15 is 0 Å². The molecule has 3 heterocycles. The largest absolute Gasteiger partial charge is 0.371 e. The van der Waals surface area contributed by atoms with Crippen molar-refractivity contribution < 1.29 is 13.2 Å². The first-order chi connectivity index (χ1) is 16.4. The summed E-state index contributed by atoms with van der Waals surface area (Å²) in [6, 6.07) is 14.9. The van der Waals surface area contributed by atoms with Crippen molar-refractivity contribution in [2.75, 3.05) is 24.5 Å². The molecule has 0 aliphatic carbocycles. The summed E-state index contributed by atoms with van der Waals surface area (Å²) in [7, 11) is -3.70. The van der Waals surface area contributed by atoms with E-state index in [2.05, 4.69) is 32.8 Å². The fourth-order valence-electron chi connectivity index (χ4n) is 4.47. The number of hydrogen-bond donors (Lipinski definition) is 2. The Hall–Kier alpha value is -3.43. The summed E-state index contributed by atoms with van der Waals surface area (Å²) >= 11 is 0. The van der Waals surface area contributed by atoms with Crippen LogP contribution in [-0.4, -0.2) is 43.4 Å². The normalized spacial score (nSPS) is 17.4. The molecule has 2 aromatic carbocycles. The monoisotopic (exact) mass is 477 g/mol. The second-order valence-corrected chi connectivity index (χ2v) is 10.6. The molecule has 2 N–H and O–H groups in total. The first-order valence-corrected chi connectivity index (χ1v) is 12.8. The summed E-state index contributed by atoms with van der Waals surface area (Å²) in [4.78, 5) is 19.6. The van der Waals surface area contributed by atoms with Crippen molar-refractivity contribution in [3.63, 3.8) is 0 Å². The standard InChI is InChI=1S/C25H27N5O3S/c1-18-5-7-21(8-6-18)34(32,33)30-16-12-24(28-30)27-25(31)19-10-14-29(15-11-19)23-4-2-3-20-17-26-13-9-22(20)23/h2-9,12-13,17,19,28H,10-11,14-16H2,1H3,(H,27,31). The molecule has 0 unspecified atom stereocenters. The summed E-state index contributed by atoms with van der Waals surface area (Å²) in [5.41, 5.74) is 4.98. The Morgan fingerprint density at radius 1 is 1.09 bits per heavy atom. The summed E-state index contributed by atoms with van der Waals surface area (Å²) in [6.45, 7) is 3.61. The van der Waals surface area contributed by atoms with Gasteiger partial charge in [0.25, 0.3) is 10.0 Å². The van der Waals surface area contributed by atoms with Crippen LogP contribution in [0.1, 0.15) is 18.4 Å². The maximum atomic E-state index is 12.9. The first kappa shape index (κ1) is 22.4. The topological polar surface area (TPSA) is 94.6 Å². The van der Waals surface area contributed by atoms with Gasteiger partial charge in [-0.2, -0.15) is 0 Å². The minimum atomic E-state index is -3.70. The molecule has 0 bridgehead atoms. The molecule has 176 valence electrons. The van der Waals surface area contributed by atoms with Crippen molar-refractivity contribution in [2.45, 2.75) is 24.7 Å². The number of hydrazine groups is 1. The van der Waals surface area contributed by atoms with Gasteiger partial charge in [0.2, 0.25) is 5.91 Å². The highest BCUT2D eigenvalue weighted by Crippen LogP contribution is 2.30. The van der Waals surface area contributed by atoms with Gasteiger partial charge in [-0.05, 0) is 50.1 Å². The molecule has 0 spiro atoms. The number of amides is 1. The van der Waals surface area contributed by atoms with Gasteiger partial charge >= 0.3 is 0 Å². The van der Waals surface area contributed by atoms with E-state index in [9.17, 15) is 13.2 Å². The van der Waals surface area contributed by atoms with Crippen molar-refractivity contribution in [1.82, 2.24) is 20.1 Å². The quantitative estimate of drug-likeness (QED) is 0.587. The van der Waals surface area contributed by atoms with Gasteiger partial charge in [-0.15, -0.1) is 4.41 Å². The molecule has 0 atom stereocenters. The zero-order valence-corrected chi connectivity index (χ0v) is 19.8. The Morgan fingerprint density at radius 3 is 2.62 bits per heavy atom. The molecule has 3 aromatic rings. The number of nitrogens with zero attached hydrogens (tertiary/aromatic N) is 3. The number of nitrogens with one attached hydrogen (secondary N) is 2. The third-order valence-corrected chi connectivity index (χ3v) is 8.13. The van der Waals surface area contributed by atoms with Crippen LogP contribution < -0.4 is 15.6 Å². The van der Waals surface area contributed by atoms with Gasteiger partial charge < -0.3 is 10.2 Å². The second kappa shape index (κ2) is 9.08. The van der Waals surface area contributed by atoms with Crippen LogP contribution in [-0.2, 0) is 14.8 Å². The van der Waals surface area contributed by atoms with Gasteiger partial charge in [0.05, 0.1) is 11.4 Å². The Kier molecular flexibility index (Phi) is 5.97. The average molecular weight is 478 g/mol. The first-order valence-electron chi connectivity index (χ1n) is 11.4. The van der Waals surface area contributed by atoms with Crippen LogP contribution in [0.5, 0.6) is 0 Å². The molecular formula is C25H27N5O3S. The van der Waals surface area contributed by atoms with Crippen LogP contribution in [0.15, 0.2) is 77.7 Å². The van der Waals surface area contributed by atoms with E-state index in [0.29, 0.717) is 5.82 Å². The molecule has 1 saturated heterocycles. The highest BCUT2D eigenvalue weighted by atomic mass is 32.2. The number of aromatic nitrogens is 1. The molecule has 5 rings (SSSR count). The number of carbonyl (C=O) groups is 1. The highest BCUT2D eigenvalue weighted by molar-refractivity contribution is 7.89. The summed E-state index contributed by atoms with van der Waals surface area (Å²) < 4.78 is 26.8. The van der Waals surface area contributed by atoms with Crippen molar-refractivity contribution >= 4 is 32.4 Å². The number of hydrogen-bond acceptors (Lipinski definition) is 6. The number of benzene rings is 2. The van der Waals surface area contributed by atoms with Crippen LogP contribution in [0.3, 0.4) is 0 Å². The maximum Gasteiger partial charge on any atom is 0.260 e. The average Bonchev–Trinajstić information content (AvgIpc) is 3.33. The molecular weight excluding hydrogens is 450 g/mol. The van der Waals surface area contributed by atoms with E-state index in [-0.39, 0.29) is 23.3 Å². The van der Waals surface area contributed by atoms with E-state index in [1.807, 2.05) is 25.3 Å². The second-order valence-electron chi connectivity index (χ2n) is 8.70. The van der Waals surface area contributed by atoms with Crippen LogP contribution in [0.2, 0.25) is 0 Å². The van der Waals surface area contributed by atoms with Gasteiger partial charge in [0, 0.05) is 47.9 Å². The molecule has 2 aliphatic heterocycles.